The van der Waals surface area contributed by atoms with Crippen LogP contribution in [0.15, 0.2) is 23.4 Å². The zero-order valence-electron chi connectivity index (χ0n) is 11.4. The fraction of sp³-hybridized carbons (Fsp3) is 0.462. The minimum Gasteiger partial charge on any atom is -0.504 e. The lowest BCUT2D eigenvalue weighted by molar-refractivity contribution is -0.301. The molecule has 1 aromatic carbocycles. The van der Waals surface area contributed by atoms with Gasteiger partial charge in [-0.2, -0.15) is 0 Å². The third-order valence-electron chi connectivity index (χ3n) is 3.21. The minimum atomic E-state index is -1.55. The Hall–Kier alpha value is -1.91. The van der Waals surface area contributed by atoms with Gasteiger partial charge in [-0.3, -0.25) is 0 Å². The van der Waals surface area contributed by atoms with E-state index in [0.29, 0.717) is 5.56 Å². The van der Waals surface area contributed by atoms with E-state index in [-0.39, 0.29) is 11.5 Å². The van der Waals surface area contributed by atoms with E-state index >= 15 is 0 Å². The van der Waals surface area contributed by atoms with Gasteiger partial charge in [0, 0.05) is 5.56 Å². The Morgan fingerprint density at radius 3 is 2.45 bits per heavy atom. The zero-order chi connectivity index (χ0) is 16.3. The summed E-state index contributed by atoms with van der Waals surface area (Å²) in [6.07, 6.45) is -5.86. The van der Waals surface area contributed by atoms with Crippen LogP contribution in [0.3, 0.4) is 0 Å². The third kappa shape index (κ3) is 3.46. The first-order valence-electron chi connectivity index (χ1n) is 6.45. The zero-order valence-corrected chi connectivity index (χ0v) is 11.4. The van der Waals surface area contributed by atoms with E-state index in [1.54, 1.807) is 0 Å². The van der Waals surface area contributed by atoms with Gasteiger partial charge in [0.05, 0.1) is 12.8 Å². The van der Waals surface area contributed by atoms with Crippen molar-refractivity contribution in [1.82, 2.24) is 0 Å². The van der Waals surface area contributed by atoms with Gasteiger partial charge < -0.3 is 40.2 Å². The molecule has 0 aliphatic carbocycles. The molecule has 1 aliphatic rings. The Morgan fingerprint density at radius 2 is 1.82 bits per heavy atom. The predicted molar refractivity (Wildman–Crippen MR) is 72.2 cm³/mol. The highest BCUT2D eigenvalue weighted by atomic mass is 16.8. The fourth-order valence-corrected chi connectivity index (χ4v) is 1.93. The summed E-state index contributed by atoms with van der Waals surface area (Å²) in [7, 11) is 0. The average molecular weight is 315 g/mol. The van der Waals surface area contributed by atoms with E-state index in [2.05, 4.69) is 5.16 Å². The normalized spacial score (nSPS) is 32.3. The highest BCUT2D eigenvalue weighted by Gasteiger charge is 2.44. The highest BCUT2D eigenvalue weighted by molar-refractivity contribution is 5.80. The Bertz CT molecular complexity index is 535. The molecule has 6 N–H and O–H groups in total. The number of aliphatic hydroxyl groups is 4. The number of rotatable bonds is 4. The number of ether oxygens (including phenoxy) is 1. The second-order valence-electron chi connectivity index (χ2n) is 4.79. The third-order valence-corrected chi connectivity index (χ3v) is 3.21. The Balaban J connectivity index is 2.00. The molecule has 22 heavy (non-hydrogen) atoms. The van der Waals surface area contributed by atoms with Crippen molar-refractivity contribution in [2.24, 2.45) is 5.16 Å². The number of phenolic OH excluding ortho intramolecular Hbond substituents is 2. The number of benzene rings is 1. The number of oxime groups is 1. The molecule has 0 bridgehead atoms. The van der Waals surface area contributed by atoms with Crippen LogP contribution >= 0.6 is 0 Å². The molecule has 1 fully saturated rings. The molecule has 1 saturated heterocycles. The van der Waals surface area contributed by atoms with Gasteiger partial charge in [-0.1, -0.05) is 5.16 Å². The van der Waals surface area contributed by atoms with Crippen molar-refractivity contribution in [2.45, 2.75) is 30.7 Å². The minimum absolute atomic E-state index is 0.285. The van der Waals surface area contributed by atoms with Crippen LogP contribution < -0.4 is 0 Å². The molecule has 1 heterocycles. The number of aliphatic hydroxyl groups excluding tert-OH is 4. The highest BCUT2D eigenvalue weighted by Crippen LogP contribution is 2.24. The molecule has 0 spiro atoms. The van der Waals surface area contributed by atoms with Crippen molar-refractivity contribution in [3.8, 4) is 11.5 Å². The number of aromatic hydroxyl groups is 2. The lowest BCUT2D eigenvalue weighted by Crippen LogP contribution is -2.58. The molecule has 0 amide bonds. The number of hydrogen-bond acceptors (Lipinski definition) is 9. The molecule has 3 unspecified atom stereocenters. The fourth-order valence-electron chi connectivity index (χ4n) is 1.93. The summed E-state index contributed by atoms with van der Waals surface area (Å²) in [5, 5.41) is 59.9. The van der Waals surface area contributed by atoms with Crippen molar-refractivity contribution in [3.05, 3.63) is 23.8 Å². The molecule has 0 aromatic heterocycles. The maximum atomic E-state index is 9.71. The number of phenols is 2. The molecular weight excluding hydrogens is 298 g/mol. The molecule has 5 atom stereocenters. The van der Waals surface area contributed by atoms with Crippen LogP contribution in [0.4, 0.5) is 0 Å². The summed E-state index contributed by atoms with van der Waals surface area (Å²) < 4.78 is 5.08. The molecule has 0 radical (unpaired) electrons. The molecule has 122 valence electrons. The molecule has 9 heteroatoms. The van der Waals surface area contributed by atoms with E-state index in [4.69, 9.17) is 19.8 Å². The van der Waals surface area contributed by atoms with E-state index in [9.17, 15) is 20.4 Å². The van der Waals surface area contributed by atoms with Gasteiger partial charge in [-0.25, -0.2) is 0 Å². The average Bonchev–Trinajstić information content (AvgIpc) is 2.51. The van der Waals surface area contributed by atoms with Gasteiger partial charge in [0.1, 0.15) is 24.4 Å². The smallest absolute Gasteiger partial charge is 0.256 e. The molecule has 0 saturated carbocycles. The van der Waals surface area contributed by atoms with Gasteiger partial charge in [0.2, 0.25) is 0 Å². The van der Waals surface area contributed by atoms with E-state index in [1.165, 1.54) is 24.4 Å². The first-order valence-corrected chi connectivity index (χ1v) is 6.45. The second kappa shape index (κ2) is 6.90. The van der Waals surface area contributed by atoms with Crippen molar-refractivity contribution >= 4 is 6.21 Å². The van der Waals surface area contributed by atoms with E-state index < -0.39 is 37.3 Å². The van der Waals surface area contributed by atoms with Gasteiger partial charge in [-0.05, 0) is 18.2 Å². The first-order chi connectivity index (χ1) is 10.4. The second-order valence-corrected chi connectivity index (χ2v) is 4.79. The SMILES string of the molecule is OCC1O[C@@H](O/N=C/c2ccc(O)c(O)c2)C(O)[C@@H](O)C1O. The summed E-state index contributed by atoms with van der Waals surface area (Å²) in [5.74, 6) is -0.621. The lowest BCUT2D eigenvalue weighted by atomic mass is 9.99. The van der Waals surface area contributed by atoms with Gasteiger partial charge in [0.25, 0.3) is 6.29 Å². The molecule has 9 nitrogen and oxygen atoms in total. The van der Waals surface area contributed by atoms with Crippen molar-refractivity contribution in [3.63, 3.8) is 0 Å². The number of hydrogen-bond donors (Lipinski definition) is 6. The van der Waals surface area contributed by atoms with Gasteiger partial charge in [-0.15, -0.1) is 0 Å². The Labute approximate surface area is 125 Å². The van der Waals surface area contributed by atoms with Gasteiger partial charge in [0.15, 0.2) is 11.5 Å². The topological polar surface area (TPSA) is 152 Å². The van der Waals surface area contributed by atoms with Crippen LogP contribution in [0.1, 0.15) is 5.56 Å². The van der Waals surface area contributed by atoms with Crippen molar-refractivity contribution in [2.75, 3.05) is 6.61 Å². The van der Waals surface area contributed by atoms with Crippen LogP contribution in [0.2, 0.25) is 0 Å². The predicted octanol–water partition coefficient (Wildman–Crippen LogP) is -1.75. The molecule has 1 aromatic rings. The summed E-state index contributed by atoms with van der Waals surface area (Å²) >= 11 is 0. The van der Waals surface area contributed by atoms with Crippen molar-refractivity contribution < 1.29 is 40.2 Å². The molecule has 2 rings (SSSR count). The molecule has 1 aliphatic heterocycles. The van der Waals surface area contributed by atoms with Crippen molar-refractivity contribution in [1.29, 1.82) is 0 Å². The summed E-state index contributed by atoms with van der Waals surface area (Å²) in [6, 6.07) is 3.94. The quantitative estimate of drug-likeness (QED) is 0.217. The standard InChI is InChI=1S/C13H17NO8/c15-5-9-10(18)11(19)12(20)13(21-9)22-14-4-6-1-2-7(16)8(17)3-6/h1-4,9-13,15-20H,5H2/b14-4+/t9?,10?,11-,12?,13-/m0/s1. The van der Waals surface area contributed by atoms with Crippen LogP contribution in [0.25, 0.3) is 0 Å². The van der Waals surface area contributed by atoms with E-state index in [1.807, 2.05) is 0 Å². The van der Waals surface area contributed by atoms with Crippen LogP contribution in [0.5, 0.6) is 11.5 Å². The Kier molecular flexibility index (Phi) is 5.16. The summed E-state index contributed by atoms with van der Waals surface area (Å²) in [5.41, 5.74) is 0.403. The van der Waals surface area contributed by atoms with Gasteiger partial charge >= 0.3 is 0 Å². The lowest BCUT2D eigenvalue weighted by Gasteiger charge is -2.38. The van der Waals surface area contributed by atoms with Crippen LogP contribution in [-0.2, 0) is 9.57 Å². The first kappa shape index (κ1) is 16.5. The summed E-state index contributed by atoms with van der Waals surface area (Å²) in [6.45, 7) is -0.569. The summed E-state index contributed by atoms with van der Waals surface area (Å²) in [4.78, 5) is 4.89. The van der Waals surface area contributed by atoms with Crippen LogP contribution in [-0.4, -0.2) is 74.2 Å². The van der Waals surface area contributed by atoms with Crippen LogP contribution in [0, 0.1) is 0 Å². The maximum Gasteiger partial charge on any atom is 0.256 e. The monoisotopic (exact) mass is 315 g/mol. The number of nitrogens with zero attached hydrogens (tertiary/aromatic N) is 1. The Morgan fingerprint density at radius 1 is 1.09 bits per heavy atom. The maximum absolute atomic E-state index is 9.71. The van der Waals surface area contributed by atoms with E-state index in [0.717, 1.165) is 0 Å². The molecular formula is C13H17NO8. The largest absolute Gasteiger partial charge is 0.504 e.